The minimum absolute atomic E-state index is 0.165. The molecule has 0 amide bonds. The van der Waals surface area contributed by atoms with E-state index in [1.807, 2.05) is 12.1 Å². The summed E-state index contributed by atoms with van der Waals surface area (Å²) in [5.74, 6) is 0.641. The van der Waals surface area contributed by atoms with Crippen molar-refractivity contribution in [2.75, 3.05) is 12.4 Å². The maximum absolute atomic E-state index is 6.15. The quantitative estimate of drug-likeness (QED) is 0.697. The van der Waals surface area contributed by atoms with Crippen molar-refractivity contribution in [1.82, 2.24) is 5.32 Å². The summed E-state index contributed by atoms with van der Waals surface area (Å²) in [6.07, 6.45) is 0.938. The smallest absolute Gasteiger partial charge is 0.171 e. The topological polar surface area (TPSA) is 33.3 Å². The fourth-order valence-corrected chi connectivity index (χ4v) is 2.99. The Bertz CT molecular complexity index is 733. The van der Waals surface area contributed by atoms with E-state index in [2.05, 4.69) is 49.6 Å². The average Bonchev–Trinajstić information content (AvgIpc) is 2.55. The van der Waals surface area contributed by atoms with Gasteiger partial charge in [0, 0.05) is 5.69 Å². The molecule has 5 heteroatoms. The minimum atomic E-state index is 0.165. The van der Waals surface area contributed by atoms with Gasteiger partial charge in [0.2, 0.25) is 0 Å². The first-order chi connectivity index (χ1) is 11.4. The van der Waals surface area contributed by atoms with Crippen LogP contribution < -0.4 is 15.4 Å². The number of rotatable bonds is 5. The summed E-state index contributed by atoms with van der Waals surface area (Å²) >= 11 is 11.6. The van der Waals surface area contributed by atoms with Gasteiger partial charge >= 0.3 is 0 Å². The number of aryl methyl sites for hydroxylation is 2. The lowest BCUT2D eigenvalue weighted by Crippen LogP contribution is -2.32. The van der Waals surface area contributed by atoms with E-state index in [4.69, 9.17) is 28.6 Å². The lowest BCUT2D eigenvalue weighted by atomic mass is 9.99. The maximum Gasteiger partial charge on any atom is 0.171 e. The third-order valence-electron chi connectivity index (χ3n) is 4.06. The molecule has 0 saturated heterocycles. The van der Waals surface area contributed by atoms with Crippen LogP contribution in [-0.2, 0) is 0 Å². The van der Waals surface area contributed by atoms with E-state index in [-0.39, 0.29) is 6.04 Å². The molecule has 2 rings (SSSR count). The molecular formula is C19H23ClN2OS. The number of hydrogen-bond donors (Lipinski definition) is 2. The van der Waals surface area contributed by atoms with Gasteiger partial charge in [-0.15, -0.1) is 0 Å². The molecule has 0 saturated carbocycles. The highest BCUT2D eigenvalue weighted by molar-refractivity contribution is 7.80. The molecule has 0 fully saturated rings. The summed E-state index contributed by atoms with van der Waals surface area (Å²) in [6, 6.07) is 12.2. The highest BCUT2D eigenvalue weighted by atomic mass is 35.5. The third-order valence-corrected chi connectivity index (χ3v) is 4.57. The van der Waals surface area contributed by atoms with Crippen LogP contribution in [0.4, 0.5) is 5.69 Å². The normalized spacial score (nSPS) is 11.7. The van der Waals surface area contributed by atoms with Crippen LogP contribution in [0.25, 0.3) is 0 Å². The first-order valence-corrected chi connectivity index (χ1v) is 8.71. The van der Waals surface area contributed by atoms with Gasteiger partial charge in [0.05, 0.1) is 18.2 Å². The molecule has 0 aliphatic heterocycles. The van der Waals surface area contributed by atoms with E-state index in [1.54, 1.807) is 13.2 Å². The fourth-order valence-electron chi connectivity index (χ4n) is 2.47. The maximum atomic E-state index is 6.15. The molecule has 0 aliphatic rings. The molecule has 1 atom stereocenters. The summed E-state index contributed by atoms with van der Waals surface area (Å²) in [7, 11) is 1.59. The molecule has 0 bridgehead atoms. The largest absolute Gasteiger partial charge is 0.495 e. The zero-order valence-electron chi connectivity index (χ0n) is 14.4. The second-order valence-corrected chi connectivity index (χ2v) is 6.57. The zero-order valence-corrected chi connectivity index (χ0v) is 16.0. The van der Waals surface area contributed by atoms with Gasteiger partial charge in [0.25, 0.3) is 0 Å². The number of benzene rings is 2. The van der Waals surface area contributed by atoms with Crippen molar-refractivity contribution in [3.63, 3.8) is 0 Å². The molecule has 24 heavy (non-hydrogen) atoms. The van der Waals surface area contributed by atoms with Crippen LogP contribution in [0.15, 0.2) is 36.4 Å². The lowest BCUT2D eigenvalue weighted by Gasteiger charge is -2.21. The highest BCUT2D eigenvalue weighted by Crippen LogP contribution is 2.27. The molecule has 0 unspecified atom stereocenters. The first-order valence-electron chi connectivity index (χ1n) is 7.92. The van der Waals surface area contributed by atoms with E-state index >= 15 is 0 Å². The second-order valence-electron chi connectivity index (χ2n) is 5.75. The molecule has 0 aliphatic carbocycles. The van der Waals surface area contributed by atoms with E-state index < -0.39 is 0 Å². The number of ether oxygens (including phenoxy) is 1. The second kappa shape index (κ2) is 8.36. The van der Waals surface area contributed by atoms with Crippen LogP contribution in [-0.4, -0.2) is 12.2 Å². The zero-order chi connectivity index (χ0) is 17.7. The Kier molecular flexibility index (Phi) is 6.46. The highest BCUT2D eigenvalue weighted by Gasteiger charge is 2.12. The van der Waals surface area contributed by atoms with E-state index in [0.717, 1.165) is 12.1 Å². The number of halogens is 1. The Morgan fingerprint density at radius 2 is 1.92 bits per heavy atom. The van der Waals surface area contributed by atoms with Gasteiger partial charge in [-0.25, -0.2) is 0 Å². The molecule has 0 heterocycles. The van der Waals surface area contributed by atoms with Gasteiger partial charge < -0.3 is 15.4 Å². The number of anilines is 1. The van der Waals surface area contributed by atoms with Gasteiger partial charge in [0.15, 0.2) is 5.11 Å². The lowest BCUT2D eigenvalue weighted by molar-refractivity contribution is 0.415. The van der Waals surface area contributed by atoms with Crippen LogP contribution in [0.1, 0.15) is 36.1 Å². The molecule has 0 spiro atoms. The average molecular weight is 363 g/mol. The fraction of sp³-hybridized carbons (Fsp3) is 0.316. The summed E-state index contributed by atoms with van der Waals surface area (Å²) in [6.45, 7) is 6.38. The molecule has 3 nitrogen and oxygen atoms in total. The number of nitrogens with one attached hydrogen (secondary N) is 2. The SMILES string of the molecule is CC[C@H](NC(=S)Nc1ccc(OC)c(Cl)c1)c1ccc(C)c(C)c1. The number of hydrogen-bond acceptors (Lipinski definition) is 2. The Labute approximate surface area is 154 Å². The van der Waals surface area contributed by atoms with Crippen LogP contribution in [0.2, 0.25) is 5.02 Å². The van der Waals surface area contributed by atoms with Gasteiger partial charge in [-0.1, -0.05) is 36.7 Å². The van der Waals surface area contributed by atoms with Crippen molar-refractivity contribution >= 4 is 34.6 Å². The predicted octanol–water partition coefficient (Wildman–Crippen LogP) is 5.40. The van der Waals surface area contributed by atoms with Crippen LogP contribution >= 0.6 is 23.8 Å². The molecular weight excluding hydrogens is 340 g/mol. The van der Waals surface area contributed by atoms with Crippen LogP contribution in [0.5, 0.6) is 5.75 Å². The Hall–Kier alpha value is -1.78. The van der Waals surface area contributed by atoms with Crippen molar-refractivity contribution in [1.29, 1.82) is 0 Å². The Balaban J connectivity index is 2.06. The summed E-state index contributed by atoms with van der Waals surface area (Å²) in [4.78, 5) is 0. The molecule has 2 aromatic carbocycles. The van der Waals surface area contributed by atoms with Crippen molar-refractivity contribution in [3.05, 3.63) is 58.1 Å². The van der Waals surface area contributed by atoms with Gasteiger partial charge in [-0.05, 0) is 67.4 Å². The van der Waals surface area contributed by atoms with E-state index in [0.29, 0.717) is 15.9 Å². The predicted molar refractivity (Wildman–Crippen MR) is 106 cm³/mol. The molecule has 2 aromatic rings. The van der Waals surface area contributed by atoms with E-state index in [1.165, 1.54) is 16.7 Å². The van der Waals surface area contributed by atoms with Crippen LogP contribution in [0.3, 0.4) is 0 Å². The monoisotopic (exact) mass is 362 g/mol. The molecule has 0 radical (unpaired) electrons. The van der Waals surface area contributed by atoms with E-state index in [9.17, 15) is 0 Å². The van der Waals surface area contributed by atoms with Gasteiger partial charge in [-0.3, -0.25) is 0 Å². The summed E-state index contributed by atoms with van der Waals surface area (Å²) < 4.78 is 5.16. The van der Waals surface area contributed by atoms with Crippen molar-refractivity contribution in [2.24, 2.45) is 0 Å². The minimum Gasteiger partial charge on any atom is -0.495 e. The Morgan fingerprint density at radius 3 is 2.50 bits per heavy atom. The molecule has 0 aromatic heterocycles. The van der Waals surface area contributed by atoms with Crippen LogP contribution in [0, 0.1) is 13.8 Å². The summed E-state index contributed by atoms with van der Waals surface area (Å²) in [5.41, 5.74) is 4.64. The standard InChI is InChI=1S/C19H23ClN2OS/c1-5-17(14-7-6-12(2)13(3)10-14)22-19(24)21-15-8-9-18(23-4)16(20)11-15/h6-11,17H,5H2,1-4H3,(H2,21,22,24)/t17-/m0/s1. The Morgan fingerprint density at radius 1 is 1.17 bits per heavy atom. The molecule has 2 N–H and O–H groups in total. The van der Waals surface area contributed by atoms with Gasteiger partial charge in [0.1, 0.15) is 5.75 Å². The number of methoxy groups -OCH3 is 1. The van der Waals surface area contributed by atoms with Gasteiger partial charge in [-0.2, -0.15) is 0 Å². The first kappa shape index (κ1) is 18.6. The van der Waals surface area contributed by atoms with Crippen molar-refractivity contribution in [3.8, 4) is 5.75 Å². The third kappa shape index (κ3) is 4.62. The van der Waals surface area contributed by atoms with Crippen molar-refractivity contribution < 1.29 is 4.74 Å². The number of thiocarbonyl (C=S) groups is 1. The summed E-state index contributed by atoms with van der Waals surface area (Å²) in [5, 5.41) is 7.67. The van der Waals surface area contributed by atoms with Crippen molar-refractivity contribution in [2.45, 2.75) is 33.2 Å². The molecule has 128 valence electrons.